The lowest BCUT2D eigenvalue weighted by atomic mass is 9.98. The van der Waals surface area contributed by atoms with E-state index in [9.17, 15) is 5.11 Å². The van der Waals surface area contributed by atoms with Gasteiger partial charge in [0.25, 0.3) is 0 Å². The second-order valence-electron chi connectivity index (χ2n) is 5.01. The second kappa shape index (κ2) is 5.51. The minimum absolute atomic E-state index is 0.243. The van der Waals surface area contributed by atoms with Crippen LogP contribution in [-0.2, 0) is 13.1 Å². The van der Waals surface area contributed by atoms with Crippen molar-refractivity contribution < 1.29 is 5.11 Å². The molecule has 0 saturated carbocycles. The highest BCUT2D eigenvalue weighted by atomic mass is 16.3. The predicted octanol–water partition coefficient (Wildman–Crippen LogP) is 2.15. The summed E-state index contributed by atoms with van der Waals surface area (Å²) in [6.45, 7) is 9.89. The summed E-state index contributed by atoms with van der Waals surface area (Å²) in [6.07, 6.45) is 5.07. The highest BCUT2D eigenvalue weighted by Crippen LogP contribution is 2.10. The van der Waals surface area contributed by atoms with E-state index in [4.69, 9.17) is 0 Å². The minimum Gasteiger partial charge on any atom is -0.392 e. The van der Waals surface area contributed by atoms with Gasteiger partial charge in [-0.25, -0.2) is 0 Å². The molecule has 0 bridgehead atoms. The van der Waals surface area contributed by atoms with Gasteiger partial charge in [-0.1, -0.05) is 6.92 Å². The van der Waals surface area contributed by atoms with Gasteiger partial charge in [-0.3, -0.25) is 0 Å². The fourth-order valence-electron chi connectivity index (χ4n) is 1.47. The van der Waals surface area contributed by atoms with Gasteiger partial charge in [0, 0.05) is 31.0 Å². The zero-order valence-electron chi connectivity index (χ0n) is 10.8. The monoisotopic (exact) mass is 224 g/mol. The van der Waals surface area contributed by atoms with Crippen molar-refractivity contribution in [3.05, 3.63) is 24.0 Å². The van der Waals surface area contributed by atoms with Crippen LogP contribution in [0.3, 0.4) is 0 Å². The van der Waals surface area contributed by atoms with Crippen LogP contribution in [0.15, 0.2) is 18.5 Å². The summed E-state index contributed by atoms with van der Waals surface area (Å²) in [4.78, 5) is 0. The Morgan fingerprint density at radius 3 is 2.75 bits per heavy atom. The summed E-state index contributed by atoms with van der Waals surface area (Å²) >= 11 is 0. The number of aryl methyl sites for hydroxylation is 1. The van der Waals surface area contributed by atoms with Gasteiger partial charge < -0.3 is 15.0 Å². The molecule has 0 aliphatic heterocycles. The molecule has 0 radical (unpaired) electrons. The van der Waals surface area contributed by atoms with Crippen LogP contribution in [0.5, 0.6) is 0 Å². The molecule has 2 N–H and O–H groups in total. The Kier molecular flexibility index (Phi) is 4.56. The van der Waals surface area contributed by atoms with Crippen molar-refractivity contribution in [2.45, 2.75) is 58.8 Å². The zero-order valence-corrected chi connectivity index (χ0v) is 10.8. The quantitative estimate of drug-likeness (QED) is 0.777. The van der Waals surface area contributed by atoms with Crippen molar-refractivity contribution in [1.29, 1.82) is 0 Å². The van der Waals surface area contributed by atoms with Crippen molar-refractivity contribution in [2.75, 3.05) is 0 Å². The van der Waals surface area contributed by atoms with E-state index in [2.05, 4.69) is 35.3 Å². The molecule has 16 heavy (non-hydrogen) atoms. The van der Waals surface area contributed by atoms with Gasteiger partial charge in [0.1, 0.15) is 0 Å². The molecular weight excluding hydrogens is 200 g/mol. The van der Waals surface area contributed by atoms with Gasteiger partial charge in [0.15, 0.2) is 0 Å². The van der Waals surface area contributed by atoms with Crippen LogP contribution >= 0.6 is 0 Å². The Morgan fingerprint density at radius 2 is 2.19 bits per heavy atom. The largest absolute Gasteiger partial charge is 0.392 e. The average Bonchev–Trinajstić information content (AvgIpc) is 2.63. The molecule has 0 aliphatic carbocycles. The van der Waals surface area contributed by atoms with Crippen molar-refractivity contribution in [1.82, 2.24) is 9.88 Å². The highest BCUT2D eigenvalue weighted by molar-refractivity contribution is 5.10. The molecule has 92 valence electrons. The number of aromatic nitrogens is 1. The number of hydrogen-bond donors (Lipinski definition) is 2. The van der Waals surface area contributed by atoms with E-state index >= 15 is 0 Å². The van der Waals surface area contributed by atoms with E-state index in [1.165, 1.54) is 5.56 Å². The summed E-state index contributed by atoms with van der Waals surface area (Å²) in [7, 11) is 0. The number of nitrogens with zero attached hydrogens (tertiary/aromatic N) is 1. The van der Waals surface area contributed by atoms with Crippen LogP contribution < -0.4 is 5.32 Å². The van der Waals surface area contributed by atoms with Crippen molar-refractivity contribution >= 4 is 0 Å². The number of rotatable bonds is 6. The first-order chi connectivity index (χ1) is 7.45. The Balaban J connectivity index is 2.48. The number of aliphatic hydroxyl groups is 1. The van der Waals surface area contributed by atoms with Crippen LogP contribution in [0, 0.1) is 0 Å². The standard InChI is InChI=1S/C13H24N2O/c1-5-7-15-8-6-12(10-15)9-14-13(3,4)11(2)16/h6,8,10-11,14,16H,5,7,9H2,1-4H3. The smallest absolute Gasteiger partial charge is 0.0688 e. The van der Waals surface area contributed by atoms with E-state index in [1.54, 1.807) is 0 Å². The molecule has 0 aromatic carbocycles. The maximum absolute atomic E-state index is 9.58. The summed E-state index contributed by atoms with van der Waals surface area (Å²) in [6, 6.07) is 2.13. The zero-order chi connectivity index (χ0) is 12.2. The molecule has 0 saturated heterocycles. The molecule has 1 aromatic rings. The van der Waals surface area contributed by atoms with E-state index in [0.717, 1.165) is 19.5 Å². The Morgan fingerprint density at radius 1 is 1.50 bits per heavy atom. The molecule has 0 fully saturated rings. The number of hydrogen-bond acceptors (Lipinski definition) is 2. The molecule has 0 aliphatic rings. The van der Waals surface area contributed by atoms with E-state index < -0.39 is 0 Å². The Hall–Kier alpha value is -0.800. The van der Waals surface area contributed by atoms with E-state index in [-0.39, 0.29) is 11.6 Å². The first-order valence-corrected chi connectivity index (χ1v) is 6.03. The maximum atomic E-state index is 9.58. The Bertz CT molecular complexity index is 315. The van der Waals surface area contributed by atoms with Crippen molar-refractivity contribution in [3.63, 3.8) is 0 Å². The van der Waals surface area contributed by atoms with Crippen molar-refractivity contribution in [3.8, 4) is 0 Å². The highest BCUT2D eigenvalue weighted by Gasteiger charge is 2.22. The molecule has 1 rings (SSSR count). The molecular formula is C13H24N2O. The van der Waals surface area contributed by atoms with E-state index in [0.29, 0.717) is 0 Å². The lowest BCUT2D eigenvalue weighted by Crippen LogP contribution is -2.47. The van der Waals surface area contributed by atoms with Gasteiger partial charge >= 0.3 is 0 Å². The van der Waals surface area contributed by atoms with Gasteiger partial charge in [0.2, 0.25) is 0 Å². The lowest BCUT2D eigenvalue weighted by Gasteiger charge is -2.29. The van der Waals surface area contributed by atoms with Gasteiger partial charge in [0.05, 0.1) is 6.10 Å². The van der Waals surface area contributed by atoms with Crippen LogP contribution in [-0.4, -0.2) is 21.3 Å². The SMILES string of the molecule is CCCn1ccc(CNC(C)(C)C(C)O)c1. The first-order valence-electron chi connectivity index (χ1n) is 6.03. The Labute approximate surface area is 98.5 Å². The number of aliphatic hydroxyl groups excluding tert-OH is 1. The summed E-state index contributed by atoms with van der Waals surface area (Å²) in [5.41, 5.74) is 1.02. The molecule has 0 amide bonds. The lowest BCUT2D eigenvalue weighted by molar-refractivity contribution is 0.0956. The van der Waals surface area contributed by atoms with Gasteiger partial charge in [-0.15, -0.1) is 0 Å². The third kappa shape index (κ3) is 3.65. The fraction of sp³-hybridized carbons (Fsp3) is 0.692. The normalized spacial score (nSPS) is 14.1. The first kappa shape index (κ1) is 13.3. The molecule has 1 atom stereocenters. The van der Waals surface area contributed by atoms with Crippen LogP contribution in [0.1, 0.15) is 39.7 Å². The third-order valence-electron chi connectivity index (χ3n) is 3.09. The average molecular weight is 224 g/mol. The van der Waals surface area contributed by atoms with Crippen LogP contribution in [0.25, 0.3) is 0 Å². The minimum atomic E-state index is -0.356. The van der Waals surface area contributed by atoms with Crippen LogP contribution in [0.2, 0.25) is 0 Å². The maximum Gasteiger partial charge on any atom is 0.0688 e. The molecule has 3 nitrogen and oxygen atoms in total. The summed E-state index contributed by atoms with van der Waals surface area (Å²) < 4.78 is 2.20. The summed E-state index contributed by atoms with van der Waals surface area (Å²) in [5, 5.41) is 12.9. The summed E-state index contributed by atoms with van der Waals surface area (Å²) in [5.74, 6) is 0. The topological polar surface area (TPSA) is 37.2 Å². The fourth-order valence-corrected chi connectivity index (χ4v) is 1.47. The predicted molar refractivity (Wildman–Crippen MR) is 67.3 cm³/mol. The second-order valence-corrected chi connectivity index (χ2v) is 5.01. The van der Waals surface area contributed by atoms with Gasteiger partial charge in [-0.2, -0.15) is 0 Å². The van der Waals surface area contributed by atoms with Crippen molar-refractivity contribution in [2.24, 2.45) is 0 Å². The van der Waals surface area contributed by atoms with Crippen LogP contribution in [0.4, 0.5) is 0 Å². The molecule has 1 unspecified atom stereocenters. The van der Waals surface area contributed by atoms with Gasteiger partial charge in [-0.05, 0) is 38.8 Å². The molecule has 1 aromatic heterocycles. The van der Waals surface area contributed by atoms with E-state index in [1.807, 2.05) is 20.8 Å². The molecule has 3 heteroatoms. The number of nitrogens with one attached hydrogen (secondary N) is 1. The molecule has 0 spiro atoms. The molecule has 1 heterocycles. The third-order valence-corrected chi connectivity index (χ3v) is 3.09.